The lowest BCUT2D eigenvalue weighted by molar-refractivity contribution is -0.122. The lowest BCUT2D eigenvalue weighted by atomic mass is 10.2. The van der Waals surface area contributed by atoms with E-state index < -0.39 is 17.8 Å². The van der Waals surface area contributed by atoms with Crippen molar-refractivity contribution < 1.29 is 13.9 Å². The number of hydrogen-bond acceptors (Lipinski definition) is 2. The second-order valence-corrected chi connectivity index (χ2v) is 5.12. The molecule has 0 saturated heterocycles. The summed E-state index contributed by atoms with van der Waals surface area (Å²) in [5.41, 5.74) is 1.17. The summed E-state index contributed by atoms with van der Waals surface area (Å²) in [6.45, 7) is 3.56. The second kappa shape index (κ2) is 6.59. The highest BCUT2D eigenvalue weighted by molar-refractivity contribution is 6.30. The van der Waals surface area contributed by atoms with Gasteiger partial charge in [0.15, 0.2) is 6.10 Å². The lowest BCUT2D eigenvalue weighted by Crippen LogP contribution is -2.30. The number of nitrogens with one attached hydrogen (secondary N) is 1. The number of carbonyl (C=O) groups is 1. The topological polar surface area (TPSA) is 38.3 Å². The molecule has 0 spiro atoms. The van der Waals surface area contributed by atoms with Crippen LogP contribution in [-0.2, 0) is 4.79 Å². The molecule has 0 unspecified atom stereocenters. The summed E-state index contributed by atoms with van der Waals surface area (Å²) >= 11 is 5.66. The zero-order valence-electron chi connectivity index (χ0n) is 11.7. The summed E-state index contributed by atoms with van der Waals surface area (Å²) < 4.78 is 19.1. The fourth-order valence-electron chi connectivity index (χ4n) is 1.70. The molecule has 0 heterocycles. The molecule has 0 saturated carbocycles. The van der Waals surface area contributed by atoms with Crippen molar-refractivity contribution in [1.82, 2.24) is 0 Å². The zero-order chi connectivity index (χ0) is 15.4. The van der Waals surface area contributed by atoms with Crippen LogP contribution in [0.3, 0.4) is 0 Å². The normalized spacial score (nSPS) is 11.8. The van der Waals surface area contributed by atoms with Crippen LogP contribution in [-0.4, -0.2) is 12.0 Å². The molecule has 21 heavy (non-hydrogen) atoms. The summed E-state index contributed by atoms with van der Waals surface area (Å²) in [5.74, 6) is -0.435. The van der Waals surface area contributed by atoms with E-state index in [0.717, 1.165) is 11.6 Å². The largest absolute Gasteiger partial charge is 0.481 e. The van der Waals surface area contributed by atoms with Gasteiger partial charge in [-0.2, -0.15) is 0 Å². The smallest absolute Gasteiger partial charge is 0.265 e. The SMILES string of the molecule is Cc1ccc(O[C@H](C)C(=O)Nc2ccc(Cl)cc2F)cc1. The first kappa shape index (κ1) is 15.3. The van der Waals surface area contributed by atoms with E-state index in [9.17, 15) is 9.18 Å². The molecule has 0 fully saturated rings. The molecule has 3 nitrogen and oxygen atoms in total. The zero-order valence-corrected chi connectivity index (χ0v) is 12.4. The van der Waals surface area contributed by atoms with Gasteiger partial charge in [-0.05, 0) is 44.2 Å². The van der Waals surface area contributed by atoms with Crippen LogP contribution in [0.4, 0.5) is 10.1 Å². The van der Waals surface area contributed by atoms with E-state index in [0.29, 0.717) is 5.75 Å². The minimum Gasteiger partial charge on any atom is -0.481 e. The quantitative estimate of drug-likeness (QED) is 0.919. The third-order valence-corrected chi connectivity index (χ3v) is 3.13. The predicted octanol–water partition coefficient (Wildman–Crippen LogP) is 4.19. The Morgan fingerprint density at radius 2 is 1.90 bits per heavy atom. The Kier molecular flexibility index (Phi) is 4.81. The molecule has 0 bridgehead atoms. The Morgan fingerprint density at radius 1 is 1.24 bits per heavy atom. The van der Waals surface area contributed by atoms with Gasteiger partial charge in [0.25, 0.3) is 5.91 Å². The first-order chi connectivity index (χ1) is 9.95. The highest BCUT2D eigenvalue weighted by Gasteiger charge is 2.16. The molecular weight excluding hydrogens is 293 g/mol. The van der Waals surface area contributed by atoms with Crippen LogP contribution in [0.25, 0.3) is 0 Å². The number of carbonyl (C=O) groups excluding carboxylic acids is 1. The van der Waals surface area contributed by atoms with Crippen molar-refractivity contribution in [1.29, 1.82) is 0 Å². The van der Waals surface area contributed by atoms with Crippen molar-refractivity contribution in [3.63, 3.8) is 0 Å². The second-order valence-electron chi connectivity index (χ2n) is 4.69. The molecule has 0 aliphatic heterocycles. The fraction of sp³-hybridized carbons (Fsp3) is 0.188. The monoisotopic (exact) mass is 307 g/mol. The van der Waals surface area contributed by atoms with Crippen molar-refractivity contribution >= 4 is 23.2 Å². The van der Waals surface area contributed by atoms with Gasteiger partial charge in [-0.15, -0.1) is 0 Å². The molecule has 1 amide bonds. The first-order valence-corrected chi connectivity index (χ1v) is 6.83. The van der Waals surface area contributed by atoms with Crippen LogP contribution in [0.5, 0.6) is 5.75 Å². The highest BCUT2D eigenvalue weighted by Crippen LogP contribution is 2.20. The number of halogens is 2. The molecule has 1 atom stereocenters. The lowest BCUT2D eigenvalue weighted by Gasteiger charge is -2.15. The van der Waals surface area contributed by atoms with Gasteiger partial charge in [-0.25, -0.2) is 4.39 Å². The fourth-order valence-corrected chi connectivity index (χ4v) is 1.86. The predicted molar refractivity (Wildman–Crippen MR) is 81.3 cm³/mol. The Morgan fingerprint density at radius 3 is 2.52 bits per heavy atom. The van der Waals surface area contributed by atoms with Crippen molar-refractivity contribution in [2.75, 3.05) is 5.32 Å². The van der Waals surface area contributed by atoms with E-state index in [1.165, 1.54) is 12.1 Å². The molecule has 2 rings (SSSR count). The van der Waals surface area contributed by atoms with Gasteiger partial charge < -0.3 is 10.1 Å². The van der Waals surface area contributed by atoms with Gasteiger partial charge in [0.2, 0.25) is 0 Å². The van der Waals surface area contributed by atoms with Gasteiger partial charge in [-0.1, -0.05) is 29.3 Å². The summed E-state index contributed by atoms with van der Waals surface area (Å²) in [7, 11) is 0. The molecule has 2 aromatic carbocycles. The molecule has 2 aromatic rings. The third kappa shape index (κ3) is 4.20. The van der Waals surface area contributed by atoms with Gasteiger partial charge in [-0.3, -0.25) is 4.79 Å². The summed E-state index contributed by atoms with van der Waals surface area (Å²) in [5, 5.41) is 2.74. The van der Waals surface area contributed by atoms with E-state index in [2.05, 4.69) is 5.32 Å². The van der Waals surface area contributed by atoms with Gasteiger partial charge >= 0.3 is 0 Å². The van der Waals surface area contributed by atoms with Gasteiger partial charge in [0.05, 0.1) is 5.69 Å². The van der Waals surface area contributed by atoms with E-state index in [1.54, 1.807) is 19.1 Å². The minimum absolute atomic E-state index is 0.0729. The molecule has 0 aromatic heterocycles. The van der Waals surface area contributed by atoms with Crippen molar-refractivity contribution in [3.8, 4) is 5.75 Å². The van der Waals surface area contributed by atoms with Crippen LogP contribution in [0.15, 0.2) is 42.5 Å². The molecule has 0 aliphatic rings. The number of benzene rings is 2. The maximum Gasteiger partial charge on any atom is 0.265 e. The van der Waals surface area contributed by atoms with E-state index in [-0.39, 0.29) is 10.7 Å². The third-order valence-electron chi connectivity index (χ3n) is 2.89. The Bertz CT molecular complexity index is 643. The standard InChI is InChI=1S/C16H15ClFNO2/c1-10-3-6-13(7-4-10)21-11(2)16(20)19-15-8-5-12(17)9-14(15)18/h3-9,11H,1-2H3,(H,19,20)/t11-/m1/s1. The molecule has 5 heteroatoms. The Labute approximate surface area is 127 Å². The molecular formula is C16H15ClFNO2. The Hall–Kier alpha value is -2.07. The molecule has 1 N–H and O–H groups in total. The van der Waals surface area contributed by atoms with Crippen LogP contribution in [0.2, 0.25) is 5.02 Å². The van der Waals surface area contributed by atoms with Crippen LogP contribution >= 0.6 is 11.6 Å². The van der Waals surface area contributed by atoms with Crippen molar-refractivity contribution in [2.45, 2.75) is 20.0 Å². The van der Waals surface area contributed by atoms with E-state index in [1.807, 2.05) is 19.1 Å². The maximum absolute atomic E-state index is 13.6. The number of rotatable bonds is 4. The summed E-state index contributed by atoms with van der Waals surface area (Å²) in [6.07, 6.45) is -0.747. The summed E-state index contributed by atoms with van der Waals surface area (Å²) in [4.78, 5) is 12.0. The number of anilines is 1. The number of hydrogen-bond donors (Lipinski definition) is 1. The number of amides is 1. The maximum atomic E-state index is 13.6. The van der Waals surface area contributed by atoms with Crippen LogP contribution in [0.1, 0.15) is 12.5 Å². The van der Waals surface area contributed by atoms with Crippen molar-refractivity contribution in [2.24, 2.45) is 0 Å². The highest BCUT2D eigenvalue weighted by atomic mass is 35.5. The molecule has 0 aliphatic carbocycles. The van der Waals surface area contributed by atoms with E-state index in [4.69, 9.17) is 16.3 Å². The average Bonchev–Trinajstić information content (AvgIpc) is 2.44. The van der Waals surface area contributed by atoms with Crippen LogP contribution < -0.4 is 10.1 Å². The van der Waals surface area contributed by atoms with Crippen molar-refractivity contribution in [3.05, 3.63) is 58.9 Å². The van der Waals surface area contributed by atoms with Gasteiger partial charge in [0.1, 0.15) is 11.6 Å². The van der Waals surface area contributed by atoms with Gasteiger partial charge in [0, 0.05) is 5.02 Å². The Balaban J connectivity index is 2.00. The molecule has 110 valence electrons. The first-order valence-electron chi connectivity index (χ1n) is 6.45. The van der Waals surface area contributed by atoms with Crippen LogP contribution in [0, 0.1) is 12.7 Å². The number of ether oxygens (including phenoxy) is 1. The molecule has 0 radical (unpaired) electrons. The van der Waals surface area contributed by atoms with E-state index >= 15 is 0 Å². The summed E-state index contributed by atoms with van der Waals surface area (Å²) in [6, 6.07) is 11.4. The average molecular weight is 308 g/mol. The number of aryl methyl sites for hydroxylation is 1. The minimum atomic E-state index is -0.747.